The fourth-order valence-corrected chi connectivity index (χ4v) is 2.21. The fraction of sp³-hybridized carbons (Fsp3) is 0.500. The Bertz CT molecular complexity index is 465. The van der Waals surface area contributed by atoms with Gasteiger partial charge in [-0.25, -0.2) is 0 Å². The third-order valence-corrected chi connectivity index (χ3v) is 3.40. The molecule has 0 spiro atoms. The van der Waals surface area contributed by atoms with Crippen molar-refractivity contribution < 1.29 is 4.74 Å². The standard InChI is InChI=1S/C14H19N3O/c1-10(2)17-5-6-18-14(9-17)11-3-4-13(16)12(7-11)8-15/h3-4,7,10,14H,5-6,9,16H2,1-2H3. The molecule has 1 fully saturated rings. The first-order chi connectivity index (χ1) is 8.61. The van der Waals surface area contributed by atoms with Crippen molar-refractivity contribution in [1.82, 2.24) is 4.90 Å². The molecule has 1 saturated heterocycles. The summed E-state index contributed by atoms with van der Waals surface area (Å²) < 4.78 is 5.79. The van der Waals surface area contributed by atoms with Crippen LogP contribution in [0.1, 0.15) is 31.1 Å². The van der Waals surface area contributed by atoms with Gasteiger partial charge in [0.2, 0.25) is 0 Å². The summed E-state index contributed by atoms with van der Waals surface area (Å²) in [5.41, 5.74) is 7.82. The van der Waals surface area contributed by atoms with Crippen LogP contribution in [0.2, 0.25) is 0 Å². The van der Waals surface area contributed by atoms with Gasteiger partial charge in [-0.05, 0) is 31.5 Å². The van der Waals surface area contributed by atoms with Crippen molar-refractivity contribution in [3.63, 3.8) is 0 Å². The number of hydrogen-bond donors (Lipinski definition) is 1. The molecule has 0 amide bonds. The molecule has 1 atom stereocenters. The van der Waals surface area contributed by atoms with Crippen molar-refractivity contribution >= 4 is 5.69 Å². The summed E-state index contributed by atoms with van der Waals surface area (Å²) >= 11 is 0. The normalized spacial score (nSPS) is 20.9. The summed E-state index contributed by atoms with van der Waals surface area (Å²) in [6.07, 6.45) is 0.0360. The molecule has 1 heterocycles. The van der Waals surface area contributed by atoms with Crippen LogP contribution in [0.15, 0.2) is 18.2 Å². The zero-order valence-corrected chi connectivity index (χ0v) is 10.9. The summed E-state index contributed by atoms with van der Waals surface area (Å²) in [5.74, 6) is 0. The van der Waals surface area contributed by atoms with Crippen molar-refractivity contribution in [3.8, 4) is 6.07 Å². The van der Waals surface area contributed by atoms with E-state index in [9.17, 15) is 0 Å². The molecule has 1 unspecified atom stereocenters. The van der Waals surface area contributed by atoms with Crippen LogP contribution >= 0.6 is 0 Å². The van der Waals surface area contributed by atoms with Crippen molar-refractivity contribution in [2.75, 3.05) is 25.4 Å². The lowest BCUT2D eigenvalue weighted by Gasteiger charge is -2.35. The van der Waals surface area contributed by atoms with Crippen LogP contribution in [-0.2, 0) is 4.74 Å². The van der Waals surface area contributed by atoms with Gasteiger partial charge in [-0.1, -0.05) is 6.07 Å². The summed E-state index contributed by atoms with van der Waals surface area (Å²) in [5, 5.41) is 9.00. The molecule has 1 aromatic carbocycles. The van der Waals surface area contributed by atoms with E-state index in [4.69, 9.17) is 15.7 Å². The van der Waals surface area contributed by atoms with E-state index in [0.29, 0.717) is 17.3 Å². The Balaban J connectivity index is 2.19. The minimum absolute atomic E-state index is 0.0360. The Morgan fingerprint density at radius 2 is 2.28 bits per heavy atom. The highest BCUT2D eigenvalue weighted by atomic mass is 16.5. The summed E-state index contributed by atoms with van der Waals surface area (Å²) in [4.78, 5) is 2.39. The third-order valence-electron chi connectivity index (χ3n) is 3.40. The lowest BCUT2D eigenvalue weighted by molar-refractivity contribution is -0.0402. The third kappa shape index (κ3) is 2.63. The van der Waals surface area contributed by atoms with Crippen LogP contribution in [0, 0.1) is 11.3 Å². The molecule has 0 bridgehead atoms. The van der Waals surface area contributed by atoms with Crippen LogP contribution in [-0.4, -0.2) is 30.6 Å². The Hall–Kier alpha value is -1.57. The topological polar surface area (TPSA) is 62.3 Å². The van der Waals surface area contributed by atoms with Gasteiger partial charge in [-0.15, -0.1) is 0 Å². The number of rotatable bonds is 2. The molecule has 2 N–H and O–H groups in total. The Labute approximate surface area is 108 Å². The van der Waals surface area contributed by atoms with Gasteiger partial charge >= 0.3 is 0 Å². The molecule has 4 heteroatoms. The highest BCUT2D eigenvalue weighted by Crippen LogP contribution is 2.25. The van der Waals surface area contributed by atoms with Crippen LogP contribution < -0.4 is 5.73 Å². The van der Waals surface area contributed by atoms with Gasteiger partial charge in [0.25, 0.3) is 0 Å². The molecular formula is C14H19N3O. The quantitative estimate of drug-likeness (QED) is 0.809. The minimum Gasteiger partial charge on any atom is -0.398 e. The number of nitrogens with two attached hydrogens (primary N) is 1. The van der Waals surface area contributed by atoms with E-state index in [0.717, 1.165) is 25.3 Å². The fourth-order valence-electron chi connectivity index (χ4n) is 2.21. The molecule has 0 saturated carbocycles. The van der Waals surface area contributed by atoms with Crippen LogP contribution in [0.4, 0.5) is 5.69 Å². The molecule has 0 aliphatic carbocycles. The van der Waals surface area contributed by atoms with E-state index < -0.39 is 0 Å². The predicted molar refractivity (Wildman–Crippen MR) is 71.0 cm³/mol. The molecule has 4 nitrogen and oxygen atoms in total. The zero-order chi connectivity index (χ0) is 13.1. The number of anilines is 1. The van der Waals surface area contributed by atoms with Crippen LogP contribution in [0.3, 0.4) is 0 Å². The predicted octanol–water partition coefficient (Wildman–Crippen LogP) is 1.92. The second kappa shape index (κ2) is 5.38. The van der Waals surface area contributed by atoms with Gasteiger partial charge in [0.15, 0.2) is 0 Å². The van der Waals surface area contributed by atoms with Crippen molar-refractivity contribution in [1.29, 1.82) is 5.26 Å². The van der Waals surface area contributed by atoms with E-state index in [1.165, 1.54) is 0 Å². The minimum atomic E-state index is 0.0360. The molecular weight excluding hydrogens is 226 g/mol. The average Bonchev–Trinajstić information content (AvgIpc) is 2.39. The number of ether oxygens (including phenoxy) is 1. The first-order valence-corrected chi connectivity index (χ1v) is 6.27. The van der Waals surface area contributed by atoms with Gasteiger partial charge in [-0.2, -0.15) is 5.26 Å². The molecule has 18 heavy (non-hydrogen) atoms. The number of nitriles is 1. The Kier molecular flexibility index (Phi) is 3.85. The SMILES string of the molecule is CC(C)N1CCOC(c2ccc(N)c(C#N)c2)C1. The van der Waals surface area contributed by atoms with Gasteiger partial charge in [-0.3, -0.25) is 4.90 Å². The number of hydrogen-bond acceptors (Lipinski definition) is 4. The van der Waals surface area contributed by atoms with E-state index in [-0.39, 0.29) is 6.10 Å². The van der Waals surface area contributed by atoms with Crippen LogP contribution in [0.25, 0.3) is 0 Å². The molecule has 0 radical (unpaired) electrons. The number of nitrogen functional groups attached to an aromatic ring is 1. The lowest BCUT2D eigenvalue weighted by atomic mass is 10.0. The van der Waals surface area contributed by atoms with Crippen molar-refractivity contribution in [3.05, 3.63) is 29.3 Å². The maximum atomic E-state index is 9.00. The van der Waals surface area contributed by atoms with E-state index >= 15 is 0 Å². The highest BCUT2D eigenvalue weighted by Gasteiger charge is 2.23. The van der Waals surface area contributed by atoms with Crippen LogP contribution in [0.5, 0.6) is 0 Å². The van der Waals surface area contributed by atoms with Gasteiger partial charge in [0.1, 0.15) is 6.07 Å². The maximum Gasteiger partial charge on any atom is 0.101 e. The maximum absolute atomic E-state index is 9.00. The first-order valence-electron chi connectivity index (χ1n) is 6.27. The Morgan fingerprint density at radius 1 is 1.50 bits per heavy atom. The van der Waals surface area contributed by atoms with Crippen molar-refractivity contribution in [2.45, 2.75) is 26.0 Å². The van der Waals surface area contributed by atoms with E-state index in [1.54, 1.807) is 6.07 Å². The molecule has 1 aliphatic rings. The average molecular weight is 245 g/mol. The van der Waals surface area contributed by atoms with E-state index in [2.05, 4.69) is 24.8 Å². The molecule has 0 aromatic heterocycles. The zero-order valence-electron chi connectivity index (χ0n) is 10.9. The summed E-state index contributed by atoms with van der Waals surface area (Å²) in [7, 11) is 0. The van der Waals surface area contributed by atoms with Gasteiger partial charge in [0, 0.05) is 24.8 Å². The number of nitrogens with zero attached hydrogens (tertiary/aromatic N) is 2. The summed E-state index contributed by atoms with van der Waals surface area (Å²) in [6.45, 7) is 6.94. The van der Waals surface area contributed by atoms with Gasteiger partial charge < -0.3 is 10.5 Å². The molecule has 1 aromatic rings. The summed E-state index contributed by atoms with van der Waals surface area (Å²) in [6, 6.07) is 8.20. The molecule has 96 valence electrons. The highest BCUT2D eigenvalue weighted by molar-refractivity contribution is 5.55. The van der Waals surface area contributed by atoms with Gasteiger partial charge in [0.05, 0.1) is 18.3 Å². The number of benzene rings is 1. The Morgan fingerprint density at radius 3 is 2.94 bits per heavy atom. The molecule has 2 rings (SSSR count). The smallest absolute Gasteiger partial charge is 0.101 e. The monoisotopic (exact) mass is 245 g/mol. The second-order valence-electron chi connectivity index (χ2n) is 4.91. The number of morpholine rings is 1. The van der Waals surface area contributed by atoms with E-state index in [1.807, 2.05) is 12.1 Å². The second-order valence-corrected chi connectivity index (χ2v) is 4.91. The largest absolute Gasteiger partial charge is 0.398 e. The first kappa shape index (κ1) is 12.9. The molecule has 1 aliphatic heterocycles. The lowest BCUT2D eigenvalue weighted by Crippen LogP contribution is -2.42. The van der Waals surface area contributed by atoms with Crippen molar-refractivity contribution in [2.24, 2.45) is 0 Å².